The molecular formula is C11H22N2. The van der Waals surface area contributed by atoms with Gasteiger partial charge in [0.05, 0.1) is 0 Å². The number of rotatable bonds is 5. The lowest BCUT2D eigenvalue weighted by Gasteiger charge is -2.22. The maximum absolute atomic E-state index is 3.50. The highest BCUT2D eigenvalue weighted by Crippen LogP contribution is 2.45. The van der Waals surface area contributed by atoms with Crippen molar-refractivity contribution in [2.45, 2.75) is 32.6 Å². The third-order valence-corrected chi connectivity index (χ3v) is 3.46. The molecular weight excluding hydrogens is 160 g/mol. The Morgan fingerprint density at radius 3 is 2.46 bits per heavy atom. The number of hydrogen-bond acceptors (Lipinski definition) is 2. The van der Waals surface area contributed by atoms with E-state index >= 15 is 0 Å². The molecule has 2 heteroatoms. The Balaban J connectivity index is 1.72. The van der Waals surface area contributed by atoms with E-state index in [-0.39, 0.29) is 0 Å². The normalized spacial score (nSPS) is 26.5. The van der Waals surface area contributed by atoms with E-state index in [2.05, 4.69) is 17.1 Å². The minimum atomic E-state index is 0.681. The zero-order valence-corrected chi connectivity index (χ0v) is 8.81. The Morgan fingerprint density at radius 2 is 1.92 bits per heavy atom. The molecule has 0 bridgehead atoms. The average molecular weight is 182 g/mol. The van der Waals surface area contributed by atoms with Gasteiger partial charge in [0.1, 0.15) is 0 Å². The van der Waals surface area contributed by atoms with Crippen LogP contribution >= 0.6 is 0 Å². The molecule has 1 heterocycles. The lowest BCUT2D eigenvalue weighted by Crippen LogP contribution is -2.34. The number of hydrogen-bond donors (Lipinski definition) is 1. The zero-order chi connectivity index (χ0) is 9.15. The second kappa shape index (κ2) is 3.97. The summed E-state index contributed by atoms with van der Waals surface area (Å²) >= 11 is 0. The Kier molecular flexibility index (Phi) is 2.89. The van der Waals surface area contributed by atoms with Gasteiger partial charge in [-0.05, 0) is 50.7 Å². The summed E-state index contributed by atoms with van der Waals surface area (Å²) in [6.45, 7) is 8.65. The van der Waals surface area contributed by atoms with E-state index < -0.39 is 0 Å². The molecule has 2 aliphatic rings. The van der Waals surface area contributed by atoms with Crippen molar-refractivity contribution in [3.05, 3.63) is 0 Å². The summed E-state index contributed by atoms with van der Waals surface area (Å²) in [5, 5.41) is 3.50. The summed E-state index contributed by atoms with van der Waals surface area (Å²) in [5.74, 6) is 0. The van der Waals surface area contributed by atoms with Crippen LogP contribution in [0.3, 0.4) is 0 Å². The molecule has 0 aromatic heterocycles. The summed E-state index contributed by atoms with van der Waals surface area (Å²) in [7, 11) is 0. The van der Waals surface area contributed by atoms with Crippen molar-refractivity contribution in [2.75, 3.05) is 32.7 Å². The molecule has 1 saturated heterocycles. The molecule has 0 amide bonds. The quantitative estimate of drug-likeness (QED) is 0.692. The third-order valence-electron chi connectivity index (χ3n) is 3.46. The third kappa shape index (κ3) is 2.44. The van der Waals surface area contributed by atoms with Crippen LogP contribution in [0.15, 0.2) is 0 Å². The monoisotopic (exact) mass is 182 g/mol. The molecule has 13 heavy (non-hydrogen) atoms. The molecule has 0 aromatic carbocycles. The van der Waals surface area contributed by atoms with Crippen LogP contribution in [0.25, 0.3) is 0 Å². The number of likely N-dealkylation sites (tertiary alicyclic amines) is 1. The molecule has 0 aromatic rings. The van der Waals surface area contributed by atoms with Crippen LogP contribution < -0.4 is 5.32 Å². The van der Waals surface area contributed by atoms with E-state index in [4.69, 9.17) is 0 Å². The molecule has 0 radical (unpaired) electrons. The minimum Gasteiger partial charge on any atom is -0.316 e. The fourth-order valence-electron chi connectivity index (χ4n) is 2.37. The van der Waals surface area contributed by atoms with Crippen molar-refractivity contribution in [3.63, 3.8) is 0 Å². The van der Waals surface area contributed by atoms with Crippen molar-refractivity contribution in [3.8, 4) is 0 Å². The van der Waals surface area contributed by atoms with Crippen LogP contribution in [0.1, 0.15) is 32.6 Å². The SMILES string of the molecule is CCNCC1(CN2CCCC2)CC1. The summed E-state index contributed by atoms with van der Waals surface area (Å²) in [5.41, 5.74) is 0.681. The first-order valence-corrected chi connectivity index (χ1v) is 5.78. The fourth-order valence-corrected chi connectivity index (χ4v) is 2.37. The summed E-state index contributed by atoms with van der Waals surface area (Å²) < 4.78 is 0. The van der Waals surface area contributed by atoms with Crippen LogP contribution in [-0.2, 0) is 0 Å². The summed E-state index contributed by atoms with van der Waals surface area (Å²) in [4.78, 5) is 2.66. The van der Waals surface area contributed by atoms with Gasteiger partial charge in [0.15, 0.2) is 0 Å². The molecule has 1 saturated carbocycles. The summed E-state index contributed by atoms with van der Waals surface area (Å²) in [6, 6.07) is 0. The van der Waals surface area contributed by atoms with Crippen molar-refractivity contribution in [1.82, 2.24) is 10.2 Å². The second-order valence-electron chi connectivity index (χ2n) is 4.76. The van der Waals surface area contributed by atoms with Crippen LogP contribution in [0, 0.1) is 5.41 Å². The van der Waals surface area contributed by atoms with Gasteiger partial charge < -0.3 is 10.2 Å². The molecule has 76 valence electrons. The average Bonchev–Trinajstić information content (AvgIpc) is 2.69. The molecule has 1 aliphatic carbocycles. The molecule has 2 nitrogen and oxygen atoms in total. The van der Waals surface area contributed by atoms with Crippen molar-refractivity contribution in [2.24, 2.45) is 5.41 Å². The molecule has 0 unspecified atom stereocenters. The first kappa shape index (κ1) is 9.47. The molecule has 2 fully saturated rings. The predicted molar refractivity (Wildman–Crippen MR) is 55.9 cm³/mol. The van der Waals surface area contributed by atoms with Gasteiger partial charge in [-0.15, -0.1) is 0 Å². The zero-order valence-electron chi connectivity index (χ0n) is 8.81. The highest BCUT2D eigenvalue weighted by molar-refractivity contribution is 4.97. The lowest BCUT2D eigenvalue weighted by atomic mass is 10.1. The molecule has 0 spiro atoms. The first-order chi connectivity index (χ1) is 6.35. The smallest absolute Gasteiger partial charge is 0.00501 e. The minimum absolute atomic E-state index is 0.681. The maximum atomic E-state index is 3.50. The standard InChI is InChI=1S/C11H22N2/c1-2-12-9-11(5-6-11)10-13-7-3-4-8-13/h12H,2-10H2,1H3. The van der Waals surface area contributed by atoms with Gasteiger partial charge in [0, 0.05) is 13.1 Å². The van der Waals surface area contributed by atoms with Crippen LogP contribution in [-0.4, -0.2) is 37.6 Å². The number of nitrogens with one attached hydrogen (secondary N) is 1. The Hall–Kier alpha value is -0.0800. The topological polar surface area (TPSA) is 15.3 Å². The predicted octanol–water partition coefficient (Wildman–Crippen LogP) is 1.47. The maximum Gasteiger partial charge on any atom is 0.00501 e. The van der Waals surface area contributed by atoms with E-state index in [0.717, 1.165) is 6.54 Å². The van der Waals surface area contributed by atoms with Crippen LogP contribution in [0.5, 0.6) is 0 Å². The number of nitrogens with zero attached hydrogens (tertiary/aromatic N) is 1. The van der Waals surface area contributed by atoms with E-state index in [9.17, 15) is 0 Å². The van der Waals surface area contributed by atoms with Crippen molar-refractivity contribution in [1.29, 1.82) is 0 Å². The van der Waals surface area contributed by atoms with Gasteiger partial charge in [0.2, 0.25) is 0 Å². The van der Waals surface area contributed by atoms with Gasteiger partial charge in [-0.2, -0.15) is 0 Å². The fraction of sp³-hybridized carbons (Fsp3) is 1.00. The lowest BCUT2D eigenvalue weighted by molar-refractivity contribution is 0.258. The Bertz CT molecular complexity index is 157. The Morgan fingerprint density at radius 1 is 1.23 bits per heavy atom. The van der Waals surface area contributed by atoms with Crippen LogP contribution in [0.4, 0.5) is 0 Å². The second-order valence-corrected chi connectivity index (χ2v) is 4.76. The van der Waals surface area contributed by atoms with E-state index in [1.807, 2.05) is 0 Å². The van der Waals surface area contributed by atoms with E-state index in [0.29, 0.717) is 5.41 Å². The van der Waals surface area contributed by atoms with Crippen molar-refractivity contribution < 1.29 is 0 Å². The highest BCUT2D eigenvalue weighted by Gasteiger charge is 2.43. The van der Waals surface area contributed by atoms with E-state index in [1.165, 1.54) is 51.9 Å². The molecule has 1 aliphatic heterocycles. The first-order valence-electron chi connectivity index (χ1n) is 5.78. The largest absolute Gasteiger partial charge is 0.316 e. The van der Waals surface area contributed by atoms with Gasteiger partial charge in [-0.3, -0.25) is 0 Å². The van der Waals surface area contributed by atoms with Crippen LogP contribution in [0.2, 0.25) is 0 Å². The highest BCUT2D eigenvalue weighted by atomic mass is 15.2. The molecule has 0 atom stereocenters. The van der Waals surface area contributed by atoms with Gasteiger partial charge in [-0.1, -0.05) is 6.92 Å². The van der Waals surface area contributed by atoms with Gasteiger partial charge in [-0.25, -0.2) is 0 Å². The van der Waals surface area contributed by atoms with Gasteiger partial charge >= 0.3 is 0 Å². The molecule has 2 rings (SSSR count). The summed E-state index contributed by atoms with van der Waals surface area (Å²) in [6.07, 6.45) is 5.77. The Labute approximate surface area is 81.7 Å². The van der Waals surface area contributed by atoms with Gasteiger partial charge in [0.25, 0.3) is 0 Å². The molecule has 1 N–H and O–H groups in total. The van der Waals surface area contributed by atoms with Crippen molar-refractivity contribution >= 4 is 0 Å². The van der Waals surface area contributed by atoms with E-state index in [1.54, 1.807) is 0 Å².